The third kappa shape index (κ3) is 5.30. The van der Waals surface area contributed by atoms with Gasteiger partial charge in [0.25, 0.3) is 0 Å². The third-order valence-electron chi connectivity index (χ3n) is 4.19. The zero-order chi connectivity index (χ0) is 19.8. The molecular formula is C21H23N3O4. The van der Waals surface area contributed by atoms with Crippen molar-refractivity contribution < 1.29 is 19.5 Å². The van der Waals surface area contributed by atoms with E-state index in [4.69, 9.17) is 19.5 Å². The van der Waals surface area contributed by atoms with Crippen LogP contribution in [0.1, 0.15) is 35.3 Å². The molecule has 3 aromatic rings. The summed E-state index contributed by atoms with van der Waals surface area (Å²) in [6, 6.07) is 9.39. The lowest BCUT2D eigenvalue weighted by Gasteiger charge is -2.12. The van der Waals surface area contributed by atoms with E-state index in [1.54, 1.807) is 6.20 Å². The fraction of sp³-hybridized carbons (Fsp3) is 0.333. The highest BCUT2D eigenvalue weighted by Crippen LogP contribution is 2.09. The lowest BCUT2D eigenvalue weighted by molar-refractivity contribution is -0.0284. The van der Waals surface area contributed by atoms with Crippen LogP contribution in [-0.2, 0) is 24.3 Å². The van der Waals surface area contributed by atoms with Gasteiger partial charge in [0.2, 0.25) is 5.76 Å². The van der Waals surface area contributed by atoms with Crippen molar-refractivity contribution in [3.8, 4) is 11.8 Å². The largest absolute Gasteiger partial charge is 0.394 e. The molecule has 28 heavy (non-hydrogen) atoms. The number of rotatable bonds is 8. The maximum atomic E-state index is 9.00. The molecule has 0 saturated heterocycles. The molecule has 0 bridgehead atoms. The molecule has 2 aromatic heterocycles. The molecule has 7 heteroatoms. The van der Waals surface area contributed by atoms with Crippen molar-refractivity contribution in [2.24, 2.45) is 0 Å². The smallest absolute Gasteiger partial charge is 0.210 e. The van der Waals surface area contributed by atoms with Gasteiger partial charge in [0.1, 0.15) is 17.6 Å². The summed E-state index contributed by atoms with van der Waals surface area (Å²) in [5.74, 6) is 7.53. The van der Waals surface area contributed by atoms with Crippen molar-refractivity contribution in [2.75, 3.05) is 13.2 Å². The standard InChI is InChI=1S/C21H23N3O4/c1-2-21-22-9-10-24(21)12-18-11-19(28-23-18)8-7-16-3-5-17(6-4-16)15-27-20(13-25)14-26/h3-6,9-11,20,25-26H,2,12-15H2,1H3. The molecule has 0 atom stereocenters. The maximum Gasteiger partial charge on any atom is 0.210 e. The van der Waals surface area contributed by atoms with E-state index in [2.05, 4.69) is 28.9 Å². The molecule has 0 saturated carbocycles. The van der Waals surface area contributed by atoms with Gasteiger partial charge < -0.3 is 24.0 Å². The van der Waals surface area contributed by atoms with Crippen LogP contribution in [0.25, 0.3) is 0 Å². The normalized spacial score (nSPS) is 10.9. The number of aliphatic hydroxyl groups is 2. The second-order valence-corrected chi connectivity index (χ2v) is 6.25. The number of aliphatic hydroxyl groups excluding tert-OH is 2. The average Bonchev–Trinajstić information content (AvgIpc) is 3.37. The van der Waals surface area contributed by atoms with Gasteiger partial charge in [-0.15, -0.1) is 0 Å². The molecule has 7 nitrogen and oxygen atoms in total. The highest BCUT2D eigenvalue weighted by Gasteiger charge is 2.07. The first-order chi connectivity index (χ1) is 13.7. The Morgan fingerprint density at radius 3 is 2.68 bits per heavy atom. The Labute approximate surface area is 163 Å². The van der Waals surface area contributed by atoms with Gasteiger partial charge in [0.05, 0.1) is 26.4 Å². The van der Waals surface area contributed by atoms with Crippen molar-refractivity contribution in [3.63, 3.8) is 0 Å². The van der Waals surface area contributed by atoms with Crippen LogP contribution < -0.4 is 0 Å². The number of benzene rings is 1. The van der Waals surface area contributed by atoms with Gasteiger partial charge in [-0.3, -0.25) is 0 Å². The topological polar surface area (TPSA) is 93.5 Å². The zero-order valence-corrected chi connectivity index (χ0v) is 15.7. The first kappa shape index (κ1) is 19.8. The SMILES string of the molecule is CCc1nccn1Cc1cc(C#Cc2ccc(COC(CO)CO)cc2)on1. The van der Waals surface area contributed by atoms with E-state index in [-0.39, 0.29) is 13.2 Å². The molecule has 2 N–H and O–H groups in total. The van der Waals surface area contributed by atoms with Crippen LogP contribution in [0.2, 0.25) is 0 Å². The minimum absolute atomic E-state index is 0.208. The number of hydrogen-bond donors (Lipinski definition) is 2. The van der Waals surface area contributed by atoms with E-state index in [9.17, 15) is 0 Å². The van der Waals surface area contributed by atoms with Gasteiger partial charge in [-0.2, -0.15) is 0 Å². The highest BCUT2D eigenvalue weighted by molar-refractivity contribution is 5.40. The van der Waals surface area contributed by atoms with Gasteiger partial charge in [-0.25, -0.2) is 4.98 Å². The molecule has 1 aromatic carbocycles. The molecule has 0 radical (unpaired) electrons. The average molecular weight is 381 g/mol. The summed E-state index contributed by atoms with van der Waals surface area (Å²) in [4.78, 5) is 4.30. The number of hydrogen-bond acceptors (Lipinski definition) is 6. The minimum atomic E-state index is -0.559. The van der Waals surface area contributed by atoms with E-state index in [0.717, 1.165) is 29.1 Å². The Balaban J connectivity index is 1.59. The van der Waals surface area contributed by atoms with Crippen LogP contribution in [0.4, 0.5) is 0 Å². The second kappa shape index (κ2) is 9.85. The summed E-state index contributed by atoms with van der Waals surface area (Å²) in [6.45, 7) is 2.57. The summed E-state index contributed by atoms with van der Waals surface area (Å²) in [6.07, 6.45) is 4.00. The van der Waals surface area contributed by atoms with Gasteiger partial charge in [0.15, 0.2) is 0 Å². The van der Waals surface area contributed by atoms with E-state index >= 15 is 0 Å². The number of nitrogens with zero attached hydrogens (tertiary/aromatic N) is 3. The fourth-order valence-corrected chi connectivity index (χ4v) is 2.61. The van der Waals surface area contributed by atoms with Gasteiger partial charge >= 0.3 is 0 Å². The Kier molecular flexibility index (Phi) is 6.98. The van der Waals surface area contributed by atoms with E-state index in [1.807, 2.05) is 41.1 Å². The van der Waals surface area contributed by atoms with Crippen LogP contribution in [0.3, 0.4) is 0 Å². The van der Waals surface area contributed by atoms with Crippen molar-refractivity contribution in [1.82, 2.24) is 14.7 Å². The lowest BCUT2D eigenvalue weighted by Crippen LogP contribution is -2.21. The quantitative estimate of drug-likeness (QED) is 0.578. The summed E-state index contributed by atoms with van der Waals surface area (Å²) >= 11 is 0. The number of imidazole rings is 1. The van der Waals surface area contributed by atoms with E-state index in [0.29, 0.717) is 18.9 Å². The molecule has 146 valence electrons. The summed E-state index contributed by atoms with van der Waals surface area (Å²) in [7, 11) is 0. The molecule has 2 heterocycles. The summed E-state index contributed by atoms with van der Waals surface area (Å²) in [5.41, 5.74) is 2.57. The monoisotopic (exact) mass is 381 g/mol. The summed E-state index contributed by atoms with van der Waals surface area (Å²) < 4.78 is 12.7. The first-order valence-corrected chi connectivity index (χ1v) is 9.11. The van der Waals surface area contributed by atoms with Crippen LogP contribution >= 0.6 is 0 Å². The predicted molar refractivity (Wildman–Crippen MR) is 102 cm³/mol. The van der Waals surface area contributed by atoms with E-state index < -0.39 is 6.10 Å². The Morgan fingerprint density at radius 2 is 1.96 bits per heavy atom. The summed E-state index contributed by atoms with van der Waals surface area (Å²) in [5, 5.41) is 22.1. The minimum Gasteiger partial charge on any atom is -0.394 e. The first-order valence-electron chi connectivity index (χ1n) is 9.11. The number of aryl methyl sites for hydroxylation is 1. The van der Waals surface area contributed by atoms with Crippen LogP contribution in [-0.4, -0.2) is 44.2 Å². The molecule has 0 aliphatic heterocycles. The molecule has 0 aliphatic rings. The van der Waals surface area contributed by atoms with Crippen molar-refractivity contribution in [2.45, 2.75) is 32.6 Å². The molecule has 0 amide bonds. The Bertz CT molecular complexity index is 930. The Hall–Kier alpha value is -2.92. The number of ether oxygens (including phenoxy) is 1. The molecule has 3 rings (SSSR count). The Morgan fingerprint density at radius 1 is 1.18 bits per heavy atom. The fourth-order valence-electron chi connectivity index (χ4n) is 2.61. The highest BCUT2D eigenvalue weighted by atomic mass is 16.5. The van der Waals surface area contributed by atoms with Gasteiger partial charge in [-0.1, -0.05) is 30.1 Å². The van der Waals surface area contributed by atoms with Crippen LogP contribution in [0.15, 0.2) is 47.2 Å². The second-order valence-electron chi connectivity index (χ2n) is 6.25. The van der Waals surface area contributed by atoms with Crippen LogP contribution in [0.5, 0.6) is 0 Å². The maximum absolute atomic E-state index is 9.00. The molecule has 0 aliphatic carbocycles. The van der Waals surface area contributed by atoms with Crippen molar-refractivity contribution >= 4 is 0 Å². The molecule has 0 unspecified atom stereocenters. The molecular weight excluding hydrogens is 358 g/mol. The number of aromatic nitrogens is 3. The van der Waals surface area contributed by atoms with Crippen molar-refractivity contribution in [1.29, 1.82) is 0 Å². The van der Waals surface area contributed by atoms with Gasteiger partial charge in [-0.05, 0) is 23.6 Å². The van der Waals surface area contributed by atoms with Gasteiger partial charge in [0, 0.05) is 30.4 Å². The lowest BCUT2D eigenvalue weighted by atomic mass is 10.1. The van der Waals surface area contributed by atoms with E-state index in [1.165, 1.54) is 0 Å². The predicted octanol–water partition coefficient (Wildman–Crippen LogP) is 1.75. The van der Waals surface area contributed by atoms with Crippen LogP contribution in [0, 0.1) is 11.8 Å². The van der Waals surface area contributed by atoms with Crippen molar-refractivity contribution in [3.05, 3.63) is 71.1 Å². The molecule has 0 spiro atoms. The molecule has 0 fully saturated rings. The third-order valence-corrected chi connectivity index (χ3v) is 4.19. The zero-order valence-electron chi connectivity index (χ0n) is 15.7.